The summed E-state index contributed by atoms with van der Waals surface area (Å²) in [6, 6.07) is 8.50. The Morgan fingerprint density at radius 1 is 1.29 bits per heavy atom. The van der Waals surface area contributed by atoms with Crippen molar-refractivity contribution in [1.29, 1.82) is 0 Å². The lowest BCUT2D eigenvalue weighted by Crippen LogP contribution is -2.12. The molecule has 0 saturated carbocycles. The van der Waals surface area contributed by atoms with Crippen LogP contribution in [0.2, 0.25) is 0 Å². The summed E-state index contributed by atoms with van der Waals surface area (Å²) in [6.07, 6.45) is 0. The van der Waals surface area contributed by atoms with E-state index < -0.39 is 0 Å². The zero-order valence-corrected chi connectivity index (χ0v) is 12.7. The summed E-state index contributed by atoms with van der Waals surface area (Å²) in [7, 11) is 0. The van der Waals surface area contributed by atoms with Gasteiger partial charge in [-0.05, 0) is 36.1 Å². The van der Waals surface area contributed by atoms with Crippen molar-refractivity contribution in [2.24, 2.45) is 0 Å². The Morgan fingerprint density at radius 3 is 2.86 bits per heavy atom. The fraction of sp³-hybridized carbons (Fsp3) is 0.0667. The molecule has 1 aromatic carbocycles. The molecule has 0 unspecified atom stereocenters. The molecule has 21 heavy (non-hydrogen) atoms. The van der Waals surface area contributed by atoms with Gasteiger partial charge < -0.3 is 5.32 Å². The predicted octanol–water partition coefficient (Wildman–Crippen LogP) is 4.57. The van der Waals surface area contributed by atoms with Gasteiger partial charge in [0.15, 0.2) is 0 Å². The summed E-state index contributed by atoms with van der Waals surface area (Å²) in [4.78, 5) is 17.4. The number of hydrogen-bond acceptors (Lipinski definition) is 4. The first-order valence-electron chi connectivity index (χ1n) is 6.20. The Bertz CT molecular complexity index is 781. The summed E-state index contributed by atoms with van der Waals surface area (Å²) in [5.41, 5.74) is 1.31. The number of carbonyl (C=O) groups is 1. The van der Waals surface area contributed by atoms with Crippen LogP contribution in [0.15, 0.2) is 41.1 Å². The molecule has 3 aromatic rings. The molecule has 1 N–H and O–H groups in total. The van der Waals surface area contributed by atoms with Gasteiger partial charge in [0, 0.05) is 11.1 Å². The van der Waals surface area contributed by atoms with Crippen LogP contribution in [-0.2, 0) is 0 Å². The first kappa shape index (κ1) is 13.9. The third kappa shape index (κ3) is 3.01. The second-order valence-electron chi connectivity index (χ2n) is 4.43. The van der Waals surface area contributed by atoms with Gasteiger partial charge >= 0.3 is 0 Å². The second-order valence-corrected chi connectivity index (χ2v) is 6.24. The molecule has 3 nitrogen and oxygen atoms in total. The minimum absolute atomic E-state index is 0.336. The molecule has 0 aliphatic carbocycles. The van der Waals surface area contributed by atoms with E-state index in [2.05, 4.69) is 10.3 Å². The first-order valence-corrected chi connectivity index (χ1v) is 7.96. The lowest BCUT2D eigenvalue weighted by molar-refractivity contribution is 0.102. The summed E-state index contributed by atoms with van der Waals surface area (Å²) in [5.74, 6) is -0.678. The van der Waals surface area contributed by atoms with E-state index in [1.54, 1.807) is 35.8 Å². The molecule has 6 heteroatoms. The molecule has 2 aromatic heterocycles. The smallest absolute Gasteiger partial charge is 0.275 e. The number of nitrogens with one attached hydrogen (secondary N) is 1. The quantitative estimate of drug-likeness (QED) is 0.768. The number of rotatable bonds is 3. The molecule has 0 fully saturated rings. The van der Waals surface area contributed by atoms with Crippen LogP contribution in [0.3, 0.4) is 0 Å². The number of thiazole rings is 1. The number of aromatic nitrogens is 1. The van der Waals surface area contributed by atoms with E-state index in [-0.39, 0.29) is 11.7 Å². The molecule has 2 heterocycles. The highest BCUT2D eigenvalue weighted by Crippen LogP contribution is 2.28. The van der Waals surface area contributed by atoms with E-state index in [1.165, 1.54) is 17.4 Å². The molecule has 106 valence electrons. The van der Waals surface area contributed by atoms with Gasteiger partial charge in [0.1, 0.15) is 16.5 Å². The minimum atomic E-state index is -0.342. The minimum Gasteiger partial charge on any atom is -0.321 e. The Labute approximate surface area is 129 Å². The van der Waals surface area contributed by atoms with E-state index in [0.717, 1.165) is 9.88 Å². The van der Waals surface area contributed by atoms with Crippen molar-refractivity contribution in [3.63, 3.8) is 0 Å². The van der Waals surface area contributed by atoms with Crippen molar-refractivity contribution in [2.75, 3.05) is 5.32 Å². The van der Waals surface area contributed by atoms with Gasteiger partial charge in [0.2, 0.25) is 0 Å². The molecule has 0 atom stereocenters. The lowest BCUT2D eigenvalue weighted by Gasteiger charge is -2.04. The van der Waals surface area contributed by atoms with Gasteiger partial charge in [-0.25, -0.2) is 9.37 Å². The van der Waals surface area contributed by atoms with Crippen LogP contribution in [0.1, 0.15) is 16.1 Å². The molecule has 0 aliphatic rings. The molecular weight excluding hydrogens is 307 g/mol. The van der Waals surface area contributed by atoms with Crippen LogP contribution in [-0.4, -0.2) is 10.9 Å². The van der Waals surface area contributed by atoms with Crippen molar-refractivity contribution in [2.45, 2.75) is 6.92 Å². The van der Waals surface area contributed by atoms with Crippen molar-refractivity contribution >= 4 is 34.3 Å². The number of anilines is 1. The molecular formula is C15H11FN2OS2. The Hall–Kier alpha value is -2.05. The summed E-state index contributed by atoms with van der Waals surface area (Å²) < 4.78 is 13.5. The van der Waals surface area contributed by atoms with Gasteiger partial charge in [0.05, 0.1) is 4.88 Å². The molecule has 0 aliphatic heterocycles. The van der Waals surface area contributed by atoms with Crippen molar-refractivity contribution in [1.82, 2.24) is 4.98 Å². The van der Waals surface area contributed by atoms with Crippen LogP contribution >= 0.6 is 22.7 Å². The topological polar surface area (TPSA) is 42.0 Å². The molecule has 1 amide bonds. The first-order chi connectivity index (χ1) is 10.1. The van der Waals surface area contributed by atoms with Gasteiger partial charge in [-0.3, -0.25) is 4.79 Å². The molecule has 0 bridgehead atoms. The number of nitrogens with zero attached hydrogens (tertiary/aromatic N) is 1. The maximum Gasteiger partial charge on any atom is 0.275 e. The Kier molecular flexibility index (Phi) is 3.81. The highest BCUT2D eigenvalue weighted by molar-refractivity contribution is 7.20. The molecule has 3 rings (SSSR count). The number of amides is 1. The Morgan fingerprint density at radius 2 is 2.14 bits per heavy atom. The molecule has 0 radical (unpaired) electrons. The fourth-order valence-corrected chi connectivity index (χ4v) is 3.37. The van der Waals surface area contributed by atoms with Gasteiger partial charge in [-0.2, -0.15) is 0 Å². The molecule has 0 saturated heterocycles. The number of halogens is 1. The van der Waals surface area contributed by atoms with E-state index >= 15 is 0 Å². The van der Waals surface area contributed by atoms with Gasteiger partial charge in [-0.15, -0.1) is 22.7 Å². The monoisotopic (exact) mass is 318 g/mol. The lowest BCUT2D eigenvalue weighted by atomic mass is 10.2. The number of benzene rings is 1. The highest BCUT2D eigenvalue weighted by atomic mass is 32.1. The standard InChI is InChI=1S/C15H11FN2OS2/c1-9-4-5-10(7-11(9)16)17-14(19)12-8-21-15(18-12)13-3-2-6-20-13/h2-8H,1H3,(H,17,19). The van der Waals surface area contributed by atoms with Crippen LogP contribution in [0.5, 0.6) is 0 Å². The van der Waals surface area contributed by atoms with E-state index in [0.29, 0.717) is 16.9 Å². The van der Waals surface area contributed by atoms with E-state index in [9.17, 15) is 9.18 Å². The van der Waals surface area contributed by atoms with E-state index in [4.69, 9.17) is 0 Å². The maximum atomic E-state index is 13.5. The van der Waals surface area contributed by atoms with Gasteiger partial charge in [-0.1, -0.05) is 12.1 Å². The average Bonchev–Trinajstić information content (AvgIpc) is 3.12. The van der Waals surface area contributed by atoms with E-state index in [1.807, 2.05) is 17.5 Å². The Balaban J connectivity index is 1.78. The normalized spacial score (nSPS) is 10.6. The highest BCUT2D eigenvalue weighted by Gasteiger charge is 2.13. The maximum absolute atomic E-state index is 13.5. The SMILES string of the molecule is Cc1ccc(NC(=O)c2csc(-c3cccs3)n2)cc1F. The van der Waals surface area contributed by atoms with Crippen molar-refractivity contribution in [3.8, 4) is 9.88 Å². The third-order valence-corrected chi connectivity index (χ3v) is 4.78. The zero-order chi connectivity index (χ0) is 14.8. The van der Waals surface area contributed by atoms with Crippen LogP contribution in [0.25, 0.3) is 9.88 Å². The van der Waals surface area contributed by atoms with Crippen LogP contribution in [0, 0.1) is 12.7 Å². The number of hydrogen-bond donors (Lipinski definition) is 1. The predicted molar refractivity (Wildman–Crippen MR) is 84.5 cm³/mol. The number of carbonyl (C=O) groups excluding carboxylic acids is 1. The van der Waals surface area contributed by atoms with Crippen LogP contribution < -0.4 is 5.32 Å². The number of thiophene rings is 1. The fourth-order valence-electron chi connectivity index (χ4n) is 1.76. The zero-order valence-electron chi connectivity index (χ0n) is 11.1. The second kappa shape index (κ2) is 5.75. The van der Waals surface area contributed by atoms with Crippen molar-refractivity contribution < 1.29 is 9.18 Å². The van der Waals surface area contributed by atoms with Crippen LogP contribution in [0.4, 0.5) is 10.1 Å². The molecule has 0 spiro atoms. The average molecular weight is 318 g/mol. The summed E-state index contributed by atoms with van der Waals surface area (Å²) >= 11 is 2.99. The van der Waals surface area contributed by atoms with Crippen molar-refractivity contribution in [3.05, 3.63) is 58.2 Å². The van der Waals surface area contributed by atoms with Gasteiger partial charge in [0.25, 0.3) is 5.91 Å². The largest absolute Gasteiger partial charge is 0.321 e. The third-order valence-electron chi connectivity index (χ3n) is 2.90. The summed E-state index contributed by atoms with van der Waals surface area (Å²) in [5, 5.41) is 7.13. The number of aryl methyl sites for hydroxylation is 1. The summed E-state index contributed by atoms with van der Waals surface area (Å²) in [6.45, 7) is 1.68.